The second kappa shape index (κ2) is 6.75. The monoisotopic (exact) mass is 352 g/mol. The molecule has 0 radical (unpaired) electrons. The molecule has 3 nitrogen and oxygen atoms in total. The van der Waals surface area contributed by atoms with Crippen LogP contribution in [-0.4, -0.2) is 29.9 Å². The summed E-state index contributed by atoms with van der Waals surface area (Å²) < 4.78 is 0.742. The van der Waals surface area contributed by atoms with E-state index in [-0.39, 0.29) is 24.4 Å². The van der Waals surface area contributed by atoms with E-state index in [1.807, 2.05) is 4.90 Å². The summed E-state index contributed by atoms with van der Waals surface area (Å²) >= 11 is 9.23. The van der Waals surface area contributed by atoms with Crippen LogP contribution in [0.3, 0.4) is 0 Å². The van der Waals surface area contributed by atoms with Gasteiger partial charge >= 0.3 is 0 Å². The summed E-state index contributed by atoms with van der Waals surface area (Å²) in [6.07, 6.45) is 1.97. The number of nitrogens with two attached hydrogens (primary N) is 1. The minimum Gasteiger partial charge on any atom is -0.337 e. The number of carbonyl (C=O) groups excluding carboxylic acids is 1. The standard InChI is InChI=1S/C12H14BrClN2O.ClH/c13-10-6-8(3-4-11(10)14)12(17)16-5-1-2-9(15)7-16;/h3-4,6,9H,1-2,5,7,15H2;1H. The molecular weight excluding hydrogens is 339 g/mol. The van der Waals surface area contributed by atoms with Crippen molar-refractivity contribution in [3.8, 4) is 0 Å². The number of hydrogen-bond acceptors (Lipinski definition) is 2. The Morgan fingerprint density at radius 3 is 2.83 bits per heavy atom. The molecule has 1 fully saturated rings. The zero-order chi connectivity index (χ0) is 12.4. The van der Waals surface area contributed by atoms with Gasteiger partial charge in [0.1, 0.15) is 0 Å². The average Bonchev–Trinajstić information content (AvgIpc) is 2.32. The summed E-state index contributed by atoms with van der Waals surface area (Å²) in [5.41, 5.74) is 6.52. The fourth-order valence-electron chi connectivity index (χ4n) is 2.01. The van der Waals surface area contributed by atoms with Crippen molar-refractivity contribution in [1.29, 1.82) is 0 Å². The predicted octanol–water partition coefficient (Wildman–Crippen LogP) is 3.09. The van der Waals surface area contributed by atoms with Crippen molar-refractivity contribution in [3.63, 3.8) is 0 Å². The molecule has 18 heavy (non-hydrogen) atoms. The molecule has 0 spiro atoms. The van der Waals surface area contributed by atoms with Crippen LogP contribution in [0.2, 0.25) is 5.02 Å². The molecule has 1 saturated heterocycles. The van der Waals surface area contributed by atoms with E-state index in [0.29, 0.717) is 17.1 Å². The molecule has 1 aliphatic rings. The highest BCUT2D eigenvalue weighted by atomic mass is 79.9. The number of amides is 1. The second-order valence-corrected chi connectivity index (χ2v) is 5.54. The number of likely N-dealkylation sites (tertiary alicyclic amines) is 1. The van der Waals surface area contributed by atoms with Gasteiger partial charge in [0.15, 0.2) is 0 Å². The van der Waals surface area contributed by atoms with Gasteiger partial charge < -0.3 is 10.6 Å². The Kier molecular flexibility index (Phi) is 5.92. The van der Waals surface area contributed by atoms with Crippen molar-refractivity contribution in [2.24, 2.45) is 5.73 Å². The van der Waals surface area contributed by atoms with Crippen molar-refractivity contribution in [3.05, 3.63) is 33.3 Å². The SMILES string of the molecule is Cl.NC1CCCN(C(=O)c2ccc(Cl)c(Br)c2)C1. The lowest BCUT2D eigenvalue weighted by Gasteiger charge is -2.30. The Bertz CT molecular complexity index is 442. The first-order valence-electron chi connectivity index (χ1n) is 5.58. The van der Waals surface area contributed by atoms with Crippen LogP contribution in [0.4, 0.5) is 0 Å². The molecule has 0 bridgehead atoms. The highest BCUT2D eigenvalue weighted by Crippen LogP contribution is 2.24. The Morgan fingerprint density at radius 2 is 2.22 bits per heavy atom. The minimum atomic E-state index is 0. The summed E-state index contributed by atoms with van der Waals surface area (Å²) in [5, 5.41) is 0.608. The van der Waals surface area contributed by atoms with Gasteiger partial charge in [-0.3, -0.25) is 4.79 Å². The molecule has 2 N–H and O–H groups in total. The third kappa shape index (κ3) is 3.60. The smallest absolute Gasteiger partial charge is 0.253 e. The molecule has 0 aliphatic carbocycles. The number of nitrogens with zero attached hydrogens (tertiary/aromatic N) is 1. The second-order valence-electron chi connectivity index (χ2n) is 4.28. The van der Waals surface area contributed by atoms with Gasteiger partial charge in [0.05, 0.1) is 5.02 Å². The van der Waals surface area contributed by atoms with Gasteiger partial charge in [0.2, 0.25) is 0 Å². The molecule has 1 amide bonds. The van der Waals surface area contributed by atoms with Gasteiger partial charge in [0, 0.05) is 29.2 Å². The number of halogens is 3. The van der Waals surface area contributed by atoms with E-state index in [1.165, 1.54) is 0 Å². The van der Waals surface area contributed by atoms with E-state index in [0.717, 1.165) is 23.9 Å². The van der Waals surface area contributed by atoms with Crippen LogP contribution in [0.1, 0.15) is 23.2 Å². The minimum absolute atomic E-state index is 0. The van der Waals surface area contributed by atoms with Crippen LogP contribution in [0, 0.1) is 0 Å². The van der Waals surface area contributed by atoms with E-state index < -0.39 is 0 Å². The van der Waals surface area contributed by atoms with Gasteiger partial charge in [-0.2, -0.15) is 0 Å². The maximum absolute atomic E-state index is 12.2. The Morgan fingerprint density at radius 1 is 1.50 bits per heavy atom. The highest BCUT2D eigenvalue weighted by molar-refractivity contribution is 9.10. The average molecular weight is 354 g/mol. The largest absolute Gasteiger partial charge is 0.337 e. The summed E-state index contributed by atoms with van der Waals surface area (Å²) in [6.45, 7) is 1.42. The lowest BCUT2D eigenvalue weighted by atomic mass is 10.1. The Hall–Kier alpha value is -0.290. The maximum atomic E-state index is 12.2. The van der Waals surface area contributed by atoms with Crippen molar-refractivity contribution in [2.45, 2.75) is 18.9 Å². The van der Waals surface area contributed by atoms with Crippen LogP contribution in [0.15, 0.2) is 22.7 Å². The molecule has 6 heteroatoms. The summed E-state index contributed by atoms with van der Waals surface area (Å²) in [6, 6.07) is 5.33. The number of piperidine rings is 1. The normalized spacial score (nSPS) is 19.3. The first-order chi connectivity index (χ1) is 8.08. The van der Waals surface area contributed by atoms with Crippen LogP contribution in [0.5, 0.6) is 0 Å². The Balaban J connectivity index is 0.00000162. The van der Waals surface area contributed by atoms with Crippen LogP contribution in [0.25, 0.3) is 0 Å². The summed E-state index contributed by atoms with van der Waals surface area (Å²) in [4.78, 5) is 14.0. The van der Waals surface area contributed by atoms with Crippen LogP contribution < -0.4 is 5.73 Å². The molecule has 0 aromatic heterocycles. The quantitative estimate of drug-likeness (QED) is 0.843. The van der Waals surface area contributed by atoms with E-state index in [2.05, 4.69) is 15.9 Å². The molecule has 1 heterocycles. The van der Waals surface area contributed by atoms with E-state index in [4.69, 9.17) is 17.3 Å². The zero-order valence-electron chi connectivity index (χ0n) is 9.73. The third-order valence-corrected chi connectivity index (χ3v) is 4.13. The molecule has 2 rings (SSSR count). The van der Waals surface area contributed by atoms with Crippen molar-refractivity contribution < 1.29 is 4.79 Å². The fourth-order valence-corrected chi connectivity index (χ4v) is 2.50. The number of carbonyl (C=O) groups is 1. The van der Waals surface area contributed by atoms with Gasteiger partial charge in [-0.15, -0.1) is 12.4 Å². The van der Waals surface area contributed by atoms with E-state index >= 15 is 0 Å². The summed E-state index contributed by atoms with van der Waals surface area (Å²) in [5.74, 6) is 0.0255. The van der Waals surface area contributed by atoms with Crippen molar-refractivity contribution >= 4 is 45.8 Å². The summed E-state index contributed by atoms with van der Waals surface area (Å²) in [7, 11) is 0. The van der Waals surface area contributed by atoms with Gasteiger partial charge in [-0.25, -0.2) is 0 Å². The zero-order valence-corrected chi connectivity index (χ0v) is 12.9. The number of benzene rings is 1. The lowest BCUT2D eigenvalue weighted by Crippen LogP contribution is -2.45. The number of rotatable bonds is 1. The fraction of sp³-hybridized carbons (Fsp3) is 0.417. The highest BCUT2D eigenvalue weighted by Gasteiger charge is 2.22. The maximum Gasteiger partial charge on any atom is 0.253 e. The molecular formula is C12H15BrCl2N2O. The third-order valence-electron chi connectivity index (χ3n) is 2.91. The molecule has 0 saturated carbocycles. The van der Waals surface area contributed by atoms with E-state index in [1.54, 1.807) is 18.2 Å². The molecule has 1 aromatic rings. The topological polar surface area (TPSA) is 46.3 Å². The first kappa shape index (κ1) is 15.8. The van der Waals surface area contributed by atoms with E-state index in [9.17, 15) is 4.79 Å². The molecule has 1 aliphatic heterocycles. The van der Waals surface area contributed by atoms with Gasteiger partial charge in [0.25, 0.3) is 5.91 Å². The number of hydrogen-bond donors (Lipinski definition) is 1. The van der Waals surface area contributed by atoms with Crippen molar-refractivity contribution in [1.82, 2.24) is 4.90 Å². The Labute approximate surface area is 126 Å². The molecule has 1 aromatic carbocycles. The molecule has 1 atom stereocenters. The van der Waals surface area contributed by atoms with Crippen molar-refractivity contribution in [2.75, 3.05) is 13.1 Å². The van der Waals surface area contributed by atoms with Gasteiger partial charge in [-0.1, -0.05) is 11.6 Å². The lowest BCUT2D eigenvalue weighted by molar-refractivity contribution is 0.0709. The van der Waals surface area contributed by atoms with Crippen LogP contribution >= 0.6 is 39.9 Å². The first-order valence-corrected chi connectivity index (χ1v) is 6.75. The van der Waals surface area contributed by atoms with Gasteiger partial charge in [-0.05, 0) is 47.0 Å². The molecule has 100 valence electrons. The predicted molar refractivity (Wildman–Crippen MR) is 79.5 cm³/mol. The molecule has 1 unspecified atom stereocenters. The van der Waals surface area contributed by atoms with Crippen LogP contribution in [-0.2, 0) is 0 Å².